The molecule has 1 aromatic carbocycles. The number of hydrogen-bond donors (Lipinski definition) is 4. The van der Waals surface area contributed by atoms with Crippen LogP contribution in [0.5, 0.6) is 0 Å². The average Bonchev–Trinajstić information content (AvgIpc) is 3.08. The zero-order valence-electron chi connectivity index (χ0n) is 15.7. The number of aliphatic carboxylic acids is 1. The van der Waals surface area contributed by atoms with E-state index in [4.69, 9.17) is 5.53 Å². The summed E-state index contributed by atoms with van der Waals surface area (Å²) in [6.07, 6.45) is 1.81. The molecular weight excluding hydrogens is 378 g/mol. The lowest BCUT2D eigenvalue weighted by Crippen LogP contribution is -2.42. The third-order valence-corrected chi connectivity index (χ3v) is 4.28. The molecule has 0 spiro atoms. The number of H-pyrrole nitrogens is 1. The number of nitrogens with one attached hydrogen (secondary N) is 3. The summed E-state index contributed by atoms with van der Waals surface area (Å²) < 4.78 is 0. The van der Waals surface area contributed by atoms with Crippen LogP contribution in [0.15, 0.2) is 30.5 Å². The van der Waals surface area contributed by atoms with Gasteiger partial charge < -0.3 is 26.3 Å². The molecule has 2 atom stereocenters. The number of aromatic amines is 1. The smallest absolute Gasteiger partial charge is 0.326 e. The van der Waals surface area contributed by atoms with Crippen LogP contribution in [0.25, 0.3) is 16.4 Å². The Morgan fingerprint density at radius 3 is 2.62 bits per heavy atom. The van der Waals surface area contributed by atoms with Crippen LogP contribution in [0.1, 0.15) is 37.8 Å². The van der Waals surface area contributed by atoms with E-state index in [1.54, 1.807) is 6.20 Å². The van der Waals surface area contributed by atoms with E-state index in [0.29, 0.717) is 11.8 Å². The quantitative estimate of drug-likeness (QED) is 0.265. The lowest BCUT2D eigenvalue weighted by molar-refractivity contribution is -0.142. The molecule has 0 radical (unpaired) electrons. The van der Waals surface area contributed by atoms with Gasteiger partial charge in [0.1, 0.15) is 6.04 Å². The Labute approximate surface area is 165 Å². The van der Waals surface area contributed by atoms with Gasteiger partial charge in [-0.1, -0.05) is 18.2 Å². The van der Waals surface area contributed by atoms with Gasteiger partial charge in [0, 0.05) is 36.0 Å². The number of hydrogen-bond acceptors (Lipinski definition) is 4. The highest BCUT2D eigenvalue weighted by Gasteiger charge is 2.25. The number of nitrogens with zero attached hydrogens (tertiary/aromatic N) is 2. The normalized spacial score (nSPS) is 12.4. The van der Waals surface area contributed by atoms with Crippen molar-refractivity contribution in [2.45, 2.75) is 38.3 Å². The molecule has 4 N–H and O–H groups in total. The second-order valence-corrected chi connectivity index (χ2v) is 6.45. The predicted molar refractivity (Wildman–Crippen MR) is 103 cm³/mol. The van der Waals surface area contributed by atoms with Gasteiger partial charge in [-0.25, -0.2) is 4.79 Å². The number of para-hydroxylation sites is 1. The van der Waals surface area contributed by atoms with Crippen LogP contribution in [0.3, 0.4) is 0 Å². The second kappa shape index (κ2) is 9.95. The molecule has 1 unspecified atom stereocenters. The van der Waals surface area contributed by atoms with Crippen molar-refractivity contribution in [2.24, 2.45) is 0 Å². The number of fused-ring (bicyclic) bond motifs is 1. The molecule has 0 saturated heterocycles. The van der Waals surface area contributed by atoms with Crippen LogP contribution in [0.2, 0.25) is 0 Å². The number of benzene rings is 1. The number of rotatable bonds is 10. The molecule has 0 aliphatic carbocycles. The van der Waals surface area contributed by atoms with Crippen LogP contribution in [-0.2, 0) is 19.2 Å². The van der Waals surface area contributed by atoms with Gasteiger partial charge in [0.2, 0.25) is 17.6 Å². The highest BCUT2D eigenvalue weighted by atomic mass is 16.4. The molecule has 10 heteroatoms. The van der Waals surface area contributed by atoms with Gasteiger partial charge in [-0.15, -0.1) is 0 Å². The predicted octanol–water partition coefficient (Wildman–Crippen LogP) is 0.955. The Bertz CT molecular complexity index is 976. The monoisotopic (exact) mass is 399 g/mol. The van der Waals surface area contributed by atoms with Crippen LogP contribution >= 0.6 is 0 Å². The van der Waals surface area contributed by atoms with E-state index in [0.717, 1.165) is 10.9 Å². The fourth-order valence-electron chi connectivity index (χ4n) is 2.98. The summed E-state index contributed by atoms with van der Waals surface area (Å²) in [7, 11) is 0. The lowest BCUT2D eigenvalue weighted by Gasteiger charge is -2.19. The number of ketones is 1. The van der Waals surface area contributed by atoms with Gasteiger partial charge in [0.05, 0.1) is 12.5 Å². The first-order chi connectivity index (χ1) is 13.8. The standard InChI is InChI=1S/C19H21N5O5/c1-11(25)23-17(14-10-21-15-5-3-2-4-13(14)15)8-18(27)24-16(19(28)29)7-6-12(26)9-22-20/h2-5,9-10,16-17,21H,6-8H2,1H3,(H,23,25)(H,24,27)(H,28,29)/t16?,17-/m0/s1. The fourth-order valence-corrected chi connectivity index (χ4v) is 2.98. The lowest BCUT2D eigenvalue weighted by atomic mass is 10.0. The van der Waals surface area contributed by atoms with Crippen LogP contribution in [0, 0.1) is 0 Å². The number of amides is 2. The van der Waals surface area contributed by atoms with Crippen LogP contribution < -0.4 is 10.6 Å². The third-order valence-electron chi connectivity index (χ3n) is 4.28. The zero-order chi connectivity index (χ0) is 21.4. The van der Waals surface area contributed by atoms with Gasteiger partial charge in [0.25, 0.3) is 0 Å². The number of carbonyl (C=O) groups excluding carboxylic acids is 3. The molecule has 152 valence electrons. The van der Waals surface area contributed by atoms with Crippen molar-refractivity contribution >= 4 is 40.7 Å². The number of Topliss-reactive ketones (excluding diaryl/α,β-unsaturated/α-hetero) is 1. The van der Waals surface area contributed by atoms with Crippen molar-refractivity contribution < 1.29 is 29.1 Å². The summed E-state index contributed by atoms with van der Waals surface area (Å²) in [5, 5.41) is 15.2. The molecular formula is C19H21N5O5. The fraction of sp³-hybridized carbons (Fsp3) is 0.316. The molecule has 0 saturated carbocycles. The topological polar surface area (TPSA) is 165 Å². The minimum absolute atomic E-state index is 0.163. The molecule has 0 aliphatic heterocycles. The van der Waals surface area contributed by atoms with Gasteiger partial charge in [-0.05, 0) is 12.5 Å². The number of carboxylic acid groups (broad SMARTS) is 1. The van der Waals surface area contributed by atoms with E-state index in [1.165, 1.54) is 6.92 Å². The maximum absolute atomic E-state index is 12.5. The highest BCUT2D eigenvalue weighted by molar-refractivity contribution is 6.25. The first-order valence-corrected chi connectivity index (χ1v) is 8.87. The molecule has 2 aromatic rings. The highest BCUT2D eigenvalue weighted by Crippen LogP contribution is 2.26. The minimum Gasteiger partial charge on any atom is -0.480 e. The zero-order valence-corrected chi connectivity index (χ0v) is 15.7. The SMILES string of the molecule is CC(=O)N[C@@H](CC(=O)NC(CCC(=O)C=[N+]=[N-])C(=O)O)c1c[nH]c2ccccc12. The van der Waals surface area contributed by atoms with Crippen LogP contribution in [-0.4, -0.2) is 50.7 Å². The Morgan fingerprint density at radius 2 is 1.97 bits per heavy atom. The van der Waals surface area contributed by atoms with Crippen molar-refractivity contribution in [3.8, 4) is 0 Å². The summed E-state index contributed by atoms with van der Waals surface area (Å²) in [6, 6.07) is 5.43. The van der Waals surface area contributed by atoms with E-state index in [1.807, 2.05) is 24.3 Å². The second-order valence-electron chi connectivity index (χ2n) is 6.45. The molecule has 2 rings (SSSR count). The van der Waals surface area contributed by atoms with E-state index in [9.17, 15) is 24.3 Å². The molecule has 2 amide bonds. The molecule has 0 aliphatic rings. The summed E-state index contributed by atoms with van der Waals surface area (Å²) in [6.45, 7) is 1.33. The molecule has 1 heterocycles. The van der Waals surface area contributed by atoms with Crippen molar-refractivity contribution in [3.63, 3.8) is 0 Å². The van der Waals surface area contributed by atoms with Crippen molar-refractivity contribution in [2.75, 3.05) is 0 Å². The minimum atomic E-state index is -1.30. The van der Waals surface area contributed by atoms with Gasteiger partial charge in [-0.2, -0.15) is 4.79 Å². The maximum Gasteiger partial charge on any atom is 0.326 e. The van der Waals surface area contributed by atoms with Crippen molar-refractivity contribution in [1.29, 1.82) is 0 Å². The van der Waals surface area contributed by atoms with E-state index in [2.05, 4.69) is 20.4 Å². The Kier molecular flexibility index (Phi) is 7.39. The average molecular weight is 399 g/mol. The van der Waals surface area contributed by atoms with Crippen molar-refractivity contribution in [3.05, 3.63) is 41.6 Å². The molecule has 29 heavy (non-hydrogen) atoms. The summed E-state index contributed by atoms with van der Waals surface area (Å²) in [5.74, 6) is -2.79. The third kappa shape index (κ3) is 6.12. The Balaban J connectivity index is 2.12. The van der Waals surface area contributed by atoms with Gasteiger partial charge >= 0.3 is 12.2 Å². The molecule has 1 aromatic heterocycles. The van der Waals surface area contributed by atoms with Gasteiger partial charge in [-0.3, -0.25) is 14.4 Å². The largest absolute Gasteiger partial charge is 0.480 e. The number of aromatic nitrogens is 1. The van der Waals surface area contributed by atoms with E-state index in [-0.39, 0.29) is 25.2 Å². The van der Waals surface area contributed by atoms with E-state index >= 15 is 0 Å². The van der Waals surface area contributed by atoms with E-state index < -0.39 is 29.7 Å². The molecule has 0 bridgehead atoms. The Morgan fingerprint density at radius 1 is 1.24 bits per heavy atom. The molecule has 0 fully saturated rings. The first kappa shape index (κ1) is 21.5. The summed E-state index contributed by atoms with van der Waals surface area (Å²) in [4.78, 5) is 52.5. The van der Waals surface area contributed by atoms with Gasteiger partial charge in [0.15, 0.2) is 0 Å². The molecule has 10 nitrogen and oxygen atoms in total. The first-order valence-electron chi connectivity index (χ1n) is 8.87. The maximum atomic E-state index is 12.5. The van der Waals surface area contributed by atoms with Crippen molar-refractivity contribution in [1.82, 2.24) is 15.6 Å². The Hall–Kier alpha value is -3.78. The number of carbonyl (C=O) groups is 4. The number of carboxylic acids is 1. The van der Waals surface area contributed by atoms with Crippen LogP contribution in [0.4, 0.5) is 0 Å². The summed E-state index contributed by atoms with van der Waals surface area (Å²) >= 11 is 0. The summed E-state index contributed by atoms with van der Waals surface area (Å²) in [5.41, 5.74) is 9.86.